The van der Waals surface area contributed by atoms with E-state index >= 15 is 0 Å². The van der Waals surface area contributed by atoms with E-state index in [1.54, 1.807) is 6.07 Å². The summed E-state index contributed by atoms with van der Waals surface area (Å²) in [5.74, 6) is -0.375. The average Bonchev–Trinajstić information content (AvgIpc) is 2.10. The summed E-state index contributed by atoms with van der Waals surface area (Å²) in [5.41, 5.74) is 4.97. The Morgan fingerprint density at radius 2 is 2.27 bits per heavy atom. The van der Waals surface area contributed by atoms with Crippen LogP contribution in [0.3, 0.4) is 0 Å². The van der Waals surface area contributed by atoms with E-state index in [4.69, 9.17) is 28.9 Å². The Hall–Kier alpha value is -0.250. The number of halogens is 2. The molecule has 0 spiro atoms. The molecule has 0 fully saturated rings. The molecule has 0 aromatic carbocycles. The Labute approximate surface area is 77.9 Å². The molecule has 2 nitrogen and oxygen atoms in total. The second kappa shape index (κ2) is 3.43. The second-order valence-electron chi connectivity index (χ2n) is 1.98. The Kier molecular flexibility index (Phi) is 2.76. The molecular weight excluding hydrogens is 205 g/mol. The lowest BCUT2D eigenvalue weighted by Gasteiger charge is -1.86. The predicted octanol–water partition coefficient (Wildman–Crippen LogP) is 2.08. The first-order valence-electron chi connectivity index (χ1n) is 2.81. The van der Waals surface area contributed by atoms with Gasteiger partial charge in [-0.3, -0.25) is 4.79 Å². The van der Waals surface area contributed by atoms with E-state index in [-0.39, 0.29) is 12.3 Å². The molecule has 0 aliphatic rings. The molecule has 11 heavy (non-hydrogen) atoms. The number of hydrogen-bond donors (Lipinski definition) is 1. The Morgan fingerprint density at radius 3 is 2.64 bits per heavy atom. The molecule has 60 valence electrons. The van der Waals surface area contributed by atoms with E-state index in [1.165, 1.54) is 11.3 Å². The maximum Gasteiger partial charge on any atom is 0.222 e. The van der Waals surface area contributed by atoms with Crippen LogP contribution in [0.5, 0.6) is 0 Å². The van der Waals surface area contributed by atoms with E-state index < -0.39 is 0 Å². The number of primary amides is 1. The second-order valence-corrected chi connectivity index (χ2v) is 4.12. The third-order valence-electron chi connectivity index (χ3n) is 1.04. The van der Waals surface area contributed by atoms with E-state index in [0.29, 0.717) is 9.36 Å². The van der Waals surface area contributed by atoms with Crippen LogP contribution in [0.25, 0.3) is 0 Å². The summed E-state index contributed by atoms with van der Waals surface area (Å²) < 4.78 is 0.503. The third-order valence-corrected chi connectivity index (χ3v) is 2.91. The van der Waals surface area contributed by atoms with Crippen molar-refractivity contribution >= 4 is 40.4 Å². The normalized spacial score (nSPS) is 10.0. The van der Waals surface area contributed by atoms with Gasteiger partial charge in [0, 0.05) is 4.88 Å². The molecule has 1 aromatic heterocycles. The lowest BCUT2D eigenvalue weighted by Crippen LogP contribution is -2.12. The van der Waals surface area contributed by atoms with Crippen molar-refractivity contribution < 1.29 is 4.79 Å². The van der Waals surface area contributed by atoms with Gasteiger partial charge in [-0.1, -0.05) is 23.2 Å². The van der Waals surface area contributed by atoms with Crippen molar-refractivity contribution in [3.05, 3.63) is 20.3 Å². The minimum Gasteiger partial charge on any atom is -0.369 e. The fourth-order valence-electron chi connectivity index (χ4n) is 0.650. The van der Waals surface area contributed by atoms with Gasteiger partial charge in [0.15, 0.2) is 0 Å². The van der Waals surface area contributed by atoms with Crippen LogP contribution >= 0.6 is 34.5 Å². The Balaban J connectivity index is 2.81. The number of thiophene rings is 1. The number of nitrogens with two attached hydrogens (primary N) is 1. The topological polar surface area (TPSA) is 43.1 Å². The smallest absolute Gasteiger partial charge is 0.222 e. The number of carbonyl (C=O) groups is 1. The fraction of sp³-hybridized carbons (Fsp3) is 0.167. The summed E-state index contributed by atoms with van der Waals surface area (Å²) >= 11 is 12.6. The molecule has 1 heterocycles. The van der Waals surface area contributed by atoms with Crippen molar-refractivity contribution in [2.75, 3.05) is 0 Å². The first kappa shape index (κ1) is 8.84. The van der Waals surface area contributed by atoms with Crippen LogP contribution in [0, 0.1) is 0 Å². The van der Waals surface area contributed by atoms with Crippen molar-refractivity contribution in [3.63, 3.8) is 0 Å². The van der Waals surface area contributed by atoms with Crippen molar-refractivity contribution in [2.45, 2.75) is 6.42 Å². The van der Waals surface area contributed by atoms with Crippen molar-refractivity contribution in [3.8, 4) is 0 Å². The lowest BCUT2D eigenvalue weighted by atomic mass is 10.3. The number of amides is 1. The van der Waals surface area contributed by atoms with E-state index in [1.807, 2.05) is 0 Å². The Morgan fingerprint density at radius 1 is 1.64 bits per heavy atom. The van der Waals surface area contributed by atoms with Gasteiger partial charge in [-0.25, -0.2) is 0 Å². The number of rotatable bonds is 2. The molecule has 1 aromatic rings. The minimum atomic E-state index is -0.375. The molecule has 1 amide bonds. The van der Waals surface area contributed by atoms with Gasteiger partial charge in [-0.15, -0.1) is 11.3 Å². The monoisotopic (exact) mass is 209 g/mol. The van der Waals surface area contributed by atoms with Crippen LogP contribution in [-0.2, 0) is 11.2 Å². The molecule has 0 radical (unpaired) electrons. The summed E-state index contributed by atoms with van der Waals surface area (Å²) in [6.45, 7) is 0. The standard InChI is InChI=1S/C6H5Cl2NOS/c7-4-1-3(2-5(9)10)11-6(4)8/h1H,2H2,(H2,9,10). The summed E-state index contributed by atoms with van der Waals surface area (Å²) in [4.78, 5) is 11.2. The summed E-state index contributed by atoms with van der Waals surface area (Å²) in [6.07, 6.45) is 0.205. The molecule has 0 aliphatic heterocycles. The van der Waals surface area contributed by atoms with E-state index in [0.717, 1.165) is 4.88 Å². The van der Waals surface area contributed by atoms with Crippen LogP contribution in [0.4, 0.5) is 0 Å². The summed E-state index contributed by atoms with van der Waals surface area (Å²) in [6, 6.07) is 1.65. The van der Waals surface area contributed by atoms with Gasteiger partial charge in [-0.2, -0.15) is 0 Å². The lowest BCUT2D eigenvalue weighted by molar-refractivity contribution is -0.117. The maximum atomic E-state index is 10.4. The highest BCUT2D eigenvalue weighted by molar-refractivity contribution is 7.17. The van der Waals surface area contributed by atoms with Crippen LogP contribution in [0.1, 0.15) is 4.88 Å². The van der Waals surface area contributed by atoms with Crippen molar-refractivity contribution in [1.29, 1.82) is 0 Å². The van der Waals surface area contributed by atoms with Crippen LogP contribution in [-0.4, -0.2) is 5.91 Å². The zero-order valence-electron chi connectivity index (χ0n) is 5.43. The minimum absolute atomic E-state index is 0.205. The predicted molar refractivity (Wildman–Crippen MR) is 47.2 cm³/mol. The fourth-order valence-corrected chi connectivity index (χ4v) is 2.09. The molecule has 0 aliphatic carbocycles. The highest BCUT2D eigenvalue weighted by Gasteiger charge is 2.06. The largest absolute Gasteiger partial charge is 0.369 e. The average molecular weight is 210 g/mol. The molecule has 1 rings (SSSR count). The van der Waals surface area contributed by atoms with Gasteiger partial charge in [0.1, 0.15) is 4.34 Å². The zero-order valence-corrected chi connectivity index (χ0v) is 7.76. The highest BCUT2D eigenvalue weighted by Crippen LogP contribution is 2.31. The highest BCUT2D eigenvalue weighted by atomic mass is 35.5. The van der Waals surface area contributed by atoms with Crippen LogP contribution in [0.15, 0.2) is 6.07 Å². The molecule has 2 N–H and O–H groups in total. The molecule has 5 heteroatoms. The molecule has 0 saturated carbocycles. The maximum absolute atomic E-state index is 10.4. The quantitative estimate of drug-likeness (QED) is 0.797. The summed E-state index contributed by atoms with van der Waals surface area (Å²) in [5, 5.41) is 0.480. The van der Waals surface area contributed by atoms with Gasteiger partial charge < -0.3 is 5.73 Å². The molecule has 0 unspecified atom stereocenters. The van der Waals surface area contributed by atoms with Gasteiger partial charge in [0.2, 0.25) is 5.91 Å². The first-order valence-corrected chi connectivity index (χ1v) is 4.39. The third kappa shape index (κ3) is 2.36. The number of hydrogen-bond acceptors (Lipinski definition) is 2. The summed E-state index contributed by atoms with van der Waals surface area (Å²) in [7, 11) is 0. The number of carbonyl (C=O) groups excluding carboxylic acids is 1. The van der Waals surface area contributed by atoms with Crippen molar-refractivity contribution in [2.24, 2.45) is 5.73 Å². The van der Waals surface area contributed by atoms with Gasteiger partial charge >= 0.3 is 0 Å². The molecule has 0 saturated heterocycles. The van der Waals surface area contributed by atoms with Gasteiger partial charge in [0.05, 0.1) is 11.4 Å². The van der Waals surface area contributed by atoms with E-state index in [2.05, 4.69) is 0 Å². The Bertz CT molecular complexity index is 265. The van der Waals surface area contributed by atoms with Gasteiger partial charge in [0.25, 0.3) is 0 Å². The van der Waals surface area contributed by atoms with E-state index in [9.17, 15) is 4.79 Å². The zero-order chi connectivity index (χ0) is 8.43. The SMILES string of the molecule is NC(=O)Cc1cc(Cl)c(Cl)s1. The van der Waals surface area contributed by atoms with Crippen molar-refractivity contribution in [1.82, 2.24) is 0 Å². The first-order chi connectivity index (χ1) is 5.09. The van der Waals surface area contributed by atoms with Crippen LogP contribution < -0.4 is 5.73 Å². The van der Waals surface area contributed by atoms with Crippen LogP contribution in [0.2, 0.25) is 9.36 Å². The molecule has 0 atom stereocenters. The molecular formula is C6H5Cl2NOS. The molecule has 0 bridgehead atoms. The van der Waals surface area contributed by atoms with Gasteiger partial charge in [-0.05, 0) is 6.07 Å².